The van der Waals surface area contributed by atoms with Crippen molar-refractivity contribution in [2.45, 2.75) is 32.7 Å². The summed E-state index contributed by atoms with van der Waals surface area (Å²) in [4.78, 5) is 0. The van der Waals surface area contributed by atoms with E-state index in [0.29, 0.717) is 0 Å². The Morgan fingerprint density at radius 3 is 2.76 bits per heavy atom. The van der Waals surface area contributed by atoms with Gasteiger partial charge in [0.2, 0.25) is 0 Å². The first-order valence-electron chi connectivity index (χ1n) is 7.25. The van der Waals surface area contributed by atoms with Crippen LogP contribution >= 0.6 is 15.9 Å². The van der Waals surface area contributed by atoms with Crippen molar-refractivity contribution in [2.24, 2.45) is 0 Å². The maximum Gasteiger partial charge on any atom is 0.122 e. The molecule has 1 aromatic carbocycles. The van der Waals surface area contributed by atoms with Gasteiger partial charge in [0.25, 0.3) is 0 Å². The Balaban J connectivity index is 2.26. The van der Waals surface area contributed by atoms with Gasteiger partial charge in [-0.15, -0.1) is 0 Å². The van der Waals surface area contributed by atoms with Gasteiger partial charge < -0.3 is 14.5 Å². The van der Waals surface area contributed by atoms with Crippen molar-refractivity contribution in [1.29, 1.82) is 0 Å². The number of methoxy groups -OCH3 is 1. The van der Waals surface area contributed by atoms with Gasteiger partial charge in [0.15, 0.2) is 0 Å². The molecule has 0 bridgehead atoms. The second-order valence-electron chi connectivity index (χ2n) is 5.10. The molecule has 0 aliphatic carbocycles. The number of aryl methyl sites for hydroxylation is 1. The summed E-state index contributed by atoms with van der Waals surface area (Å²) in [5.74, 6) is 1.89. The quantitative estimate of drug-likeness (QED) is 0.788. The lowest BCUT2D eigenvalue weighted by Crippen LogP contribution is -2.24. The van der Waals surface area contributed by atoms with Crippen LogP contribution in [-0.2, 0) is 6.42 Å². The molecule has 4 heteroatoms. The number of hydrogen-bond donors (Lipinski definition) is 1. The lowest BCUT2D eigenvalue weighted by atomic mass is 9.98. The van der Waals surface area contributed by atoms with Gasteiger partial charge in [-0.1, -0.05) is 22.9 Å². The van der Waals surface area contributed by atoms with Crippen LogP contribution in [0.4, 0.5) is 0 Å². The van der Waals surface area contributed by atoms with Crippen molar-refractivity contribution in [2.75, 3.05) is 13.7 Å². The Kier molecular flexibility index (Phi) is 5.88. The van der Waals surface area contributed by atoms with E-state index in [-0.39, 0.29) is 6.04 Å². The predicted octanol–water partition coefficient (Wildman–Crippen LogP) is 4.64. The number of hydrogen-bond acceptors (Lipinski definition) is 3. The fraction of sp³-hybridized carbons (Fsp3) is 0.412. The van der Waals surface area contributed by atoms with E-state index in [0.717, 1.165) is 35.4 Å². The van der Waals surface area contributed by atoms with Gasteiger partial charge in [-0.2, -0.15) is 0 Å². The van der Waals surface area contributed by atoms with Crippen molar-refractivity contribution in [3.05, 3.63) is 51.9 Å². The third-order valence-corrected chi connectivity index (χ3v) is 4.07. The molecular weight excluding hydrogens is 330 g/mol. The maximum absolute atomic E-state index is 5.48. The molecule has 21 heavy (non-hydrogen) atoms. The van der Waals surface area contributed by atoms with Crippen LogP contribution in [-0.4, -0.2) is 13.7 Å². The van der Waals surface area contributed by atoms with E-state index in [2.05, 4.69) is 34.2 Å². The fourth-order valence-electron chi connectivity index (χ4n) is 2.49. The first kappa shape index (κ1) is 16.1. The Labute approximate surface area is 134 Å². The van der Waals surface area contributed by atoms with Gasteiger partial charge in [-0.25, -0.2) is 0 Å². The summed E-state index contributed by atoms with van der Waals surface area (Å²) in [6, 6.07) is 8.40. The summed E-state index contributed by atoms with van der Waals surface area (Å²) in [5.41, 5.74) is 2.39. The summed E-state index contributed by atoms with van der Waals surface area (Å²) in [5, 5.41) is 3.60. The summed E-state index contributed by atoms with van der Waals surface area (Å²) in [7, 11) is 1.71. The van der Waals surface area contributed by atoms with Crippen molar-refractivity contribution >= 4 is 15.9 Å². The highest BCUT2D eigenvalue weighted by atomic mass is 79.9. The molecule has 0 spiro atoms. The molecular formula is C17H22BrNO2. The minimum Gasteiger partial charge on any atom is -0.496 e. The molecule has 1 atom stereocenters. The Morgan fingerprint density at radius 1 is 1.33 bits per heavy atom. The zero-order valence-corrected chi connectivity index (χ0v) is 14.4. The fourth-order valence-corrected chi connectivity index (χ4v) is 2.90. The highest BCUT2D eigenvalue weighted by molar-refractivity contribution is 9.10. The number of ether oxygens (including phenoxy) is 1. The van der Waals surface area contributed by atoms with Gasteiger partial charge in [-0.3, -0.25) is 0 Å². The molecule has 0 aliphatic heterocycles. The normalized spacial score (nSPS) is 12.4. The molecule has 3 nitrogen and oxygen atoms in total. The van der Waals surface area contributed by atoms with E-state index in [9.17, 15) is 0 Å². The molecule has 0 fully saturated rings. The van der Waals surface area contributed by atoms with Crippen LogP contribution < -0.4 is 10.1 Å². The highest BCUT2D eigenvalue weighted by Crippen LogP contribution is 2.29. The van der Waals surface area contributed by atoms with Crippen LogP contribution in [0.1, 0.15) is 36.3 Å². The predicted molar refractivity (Wildman–Crippen MR) is 88.9 cm³/mol. The van der Waals surface area contributed by atoms with Crippen LogP contribution in [0.25, 0.3) is 0 Å². The van der Waals surface area contributed by atoms with E-state index in [1.807, 2.05) is 25.1 Å². The summed E-state index contributed by atoms with van der Waals surface area (Å²) in [6.45, 7) is 5.16. The Hall–Kier alpha value is -1.26. The average molecular weight is 352 g/mol. The number of halogens is 1. The lowest BCUT2D eigenvalue weighted by Gasteiger charge is -2.20. The molecule has 0 aliphatic rings. The van der Waals surface area contributed by atoms with Crippen molar-refractivity contribution in [3.63, 3.8) is 0 Å². The SMILES string of the molecule is CCCNC(Cc1cc(Br)ccc1OC)c1ccoc1C. The van der Waals surface area contributed by atoms with Crippen LogP contribution in [0.2, 0.25) is 0 Å². The first-order valence-corrected chi connectivity index (χ1v) is 8.04. The van der Waals surface area contributed by atoms with Crippen molar-refractivity contribution < 1.29 is 9.15 Å². The van der Waals surface area contributed by atoms with Gasteiger partial charge in [0.1, 0.15) is 11.5 Å². The highest BCUT2D eigenvalue weighted by Gasteiger charge is 2.18. The van der Waals surface area contributed by atoms with E-state index < -0.39 is 0 Å². The molecule has 0 saturated carbocycles. The molecule has 1 heterocycles. The van der Waals surface area contributed by atoms with E-state index in [1.165, 1.54) is 11.1 Å². The smallest absolute Gasteiger partial charge is 0.122 e. The van der Waals surface area contributed by atoms with Crippen LogP contribution in [0.5, 0.6) is 5.75 Å². The van der Waals surface area contributed by atoms with Gasteiger partial charge in [0, 0.05) is 16.1 Å². The molecule has 2 rings (SSSR count). The molecule has 0 radical (unpaired) electrons. The number of benzene rings is 1. The number of furan rings is 1. The molecule has 1 N–H and O–H groups in total. The van der Waals surface area contributed by atoms with Crippen molar-refractivity contribution in [3.8, 4) is 5.75 Å². The minimum absolute atomic E-state index is 0.229. The van der Waals surface area contributed by atoms with Crippen LogP contribution in [0, 0.1) is 6.92 Å². The summed E-state index contributed by atoms with van der Waals surface area (Å²) >= 11 is 3.54. The zero-order chi connectivity index (χ0) is 15.2. The Bertz CT molecular complexity index is 580. The number of rotatable bonds is 7. The molecule has 0 saturated heterocycles. The van der Waals surface area contributed by atoms with Crippen molar-refractivity contribution in [1.82, 2.24) is 5.32 Å². The lowest BCUT2D eigenvalue weighted by molar-refractivity contribution is 0.404. The van der Waals surface area contributed by atoms with E-state index in [1.54, 1.807) is 13.4 Å². The Morgan fingerprint density at radius 2 is 2.14 bits per heavy atom. The van der Waals surface area contributed by atoms with Crippen LogP contribution in [0.3, 0.4) is 0 Å². The third-order valence-electron chi connectivity index (χ3n) is 3.58. The summed E-state index contributed by atoms with van der Waals surface area (Å²) in [6.07, 6.45) is 3.72. The standard InChI is InChI=1S/C17H22BrNO2/c1-4-8-19-16(15-7-9-21-12(15)2)11-13-10-14(18)5-6-17(13)20-3/h5-7,9-10,16,19H,4,8,11H2,1-3H3. The maximum atomic E-state index is 5.48. The minimum atomic E-state index is 0.229. The third kappa shape index (κ3) is 4.11. The monoisotopic (exact) mass is 351 g/mol. The average Bonchev–Trinajstić information content (AvgIpc) is 2.90. The second-order valence-corrected chi connectivity index (χ2v) is 6.01. The van der Waals surface area contributed by atoms with Gasteiger partial charge >= 0.3 is 0 Å². The topological polar surface area (TPSA) is 34.4 Å². The molecule has 2 aromatic rings. The summed E-state index contributed by atoms with van der Waals surface area (Å²) < 4.78 is 12.0. The molecule has 0 amide bonds. The largest absolute Gasteiger partial charge is 0.496 e. The first-order chi connectivity index (χ1) is 10.2. The molecule has 1 aromatic heterocycles. The second kappa shape index (κ2) is 7.66. The number of nitrogens with one attached hydrogen (secondary N) is 1. The zero-order valence-electron chi connectivity index (χ0n) is 12.8. The van der Waals surface area contributed by atoms with E-state index >= 15 is 0 Å². The van der Waals surface area contributed by atoms with Gasteiger partial charge in [-0.05, 0) is 56.1 Å². The van der Waals surface area contributed by atoms with Crippen LogP contribution in [0.15, 0.2) is 39.4 Å². The molecule has 114 valence electrons. The van der Waals surface area contributed by atoms with E-state index in [4.69, 9.17) is 9.15 Å². The van der Waals surface area contributed by atoms with Gasteiger partial charge in [0.05, 0.1) is 13.4 Å². The molecule has 1 unspecified atom stereocenters.